The summed E-state index contributed by atoms with van der Waals surface area (Å²) in [5, 5.41) is 0. The highest BCUT2D eigenvalue weighted by Crippen LogP contribution is 2.24. The maximum Gasteiger partial charge on any atom is 0.323 e. The molecule has 0 bridgehead atoms. The second-order valence-corrected chi connectivity index (χ2v) is 6.19. The summed E-state index contributed by atoms with van der Waals surface area (Å²) in [7, 11) is 0. The number of carbonyl (C=O) groups is 1. The van der Waals surface area contributed by atoms with E-state index in [2.05, 4.69) is 4.98 Å². The van der Waals surface area contributed by atoms with Crippen molar-refractivity contribution in [3.63, 3.8) is 0 Å². The molecule has 118 valence electrons. The van der Waals surface area contributed by atoms with E-state index >= 15 is 0 Å². The monoisotopic (exact) mass is 301 g/mol. The van der Waals surface area contributed by atoms with Gasteiger partial charge in [-0.1, -0.05) is 0 Å². The van der Waals surface area contributed by atoms with E-state index in [-0.39, 0.29) is 24.4 Å². The van der Waals surface area contributed by atoms with Gasteiger partial charge in [-0.05, 0) is 40.2 Å². The van der Waals surface area contributed by atoms with Gasteiger partial charge in [-0.25, -0.2) is 4.98 Å². The third-order valence-electron chi connectivity index (χ3n) is 3.35. The van der Waals surface area contributed by atoms with Crippen molar-refractivity contribution in [3.05, 3.63) is 18.2 Å². The van der Waals surface area contributed by atoms with Crippen LogP contribution in [0.3, 0.4) is 0 Å². The van der Waals surface area contributed by atoms with E-state index < -0.39 is 12.2 Å². The van der Waals surface area contributed by atoms with Crippen LogP contribution in [0, 0.1) is 0 Å². The molecular formula is C14H21F2N3O2. The molecule has 1 atom stereocenters. The van der Waals surface area contributed by atoms with Crippen molar-refractivity contribution in [3.8, 4) is 0 Å². The molecule has 1 aliphatic heterocycles. The first-order valence-corrected chi connectivity index (χ1v) is 7.05. The van der Waals surface area contributed by atoms with E-state index in [9.17, 15) is 13.6 Å². The lowest BCUT2D eigenvalue weighted by Gasteiger charge is -2.27. The Bertz CT molecular complexity index is 497. The van der Waals surface area contributed by atoms with Gasteiger partial charge < -0.3 is 4.74 Å². The highest BCUT2D eigenvalue weighted by atomic mass is 19.3. The standard InChI is InChI=1S/C14H21F2N3O2/c1-14(2,3)21-12(20)10-5-4-7-18(10)9-11-17-6-8-19(11)13(15)16/h6,8,10,13H,4-5,7,9H2,1-3H3/t10-/m0/s1. The van der Waals surface area contributed by atoms with E-state index in [0.29, 0.717) is 13.0 Å². The van der Waals surface area contributed by atoms with Crippen LogP contribution in [0.25, 0.3) is 0 Å². The SMILES string of the molecule is CC(C)(C)OC(=O)[C@@H]1CCCN1Cc1nccn1C(F)F. The fraction of sp³-hybridized carbons (Fsp3) is 0.714. The Morgan fingerprint density at radius 1 is 1.52 bits per heavy atom. The highest BCUT2D eigenvalue weighted by molar-refractivity contribution is 5.76. The molecule has 0 spiro atoms. The molecule has 0 aromatic carbocycles. The second-order valence-electron chi connectivity index (χ2n) is 6.19. The molecular weight excluding hydrogens is 280 g/mol. The van der Waals surface area contributed by atoms with Gasteiger partial charge in [0.25, 0.3) is 0 Å². The average molecular weight is 301 g/mol. The number of carbonyl (C=O) groups excluding carboxylic acids is 1. The number of esters is 1. The number of hydrogen-bond donors (Lipinski definition) is 0. The third kappa shape index (κ3) is 4.00. The van der Waals surface area contributed by atoms with Crippen LogP contribution in [-0.2, 0) is 16.1 Å². The lowest BCUT2D eigenvalue weighted by atomic mass is 10.1. The third-order valence-corrected chi connectivity index (χ3v) is 3.35. The fourth-order valence-corrected chi connectivity index (χ4v) is 2.48. The van der Waals surface area contributed by atoms with Gasteiger partial charge in [0, 0.05) is 12.4 Å². The first-order chi connectivity index (χ1) is 9.78. The van der Waals surface area contributed by atoms with Crippen molar-refractivity contribution < 1.29 is 18.3 Å². The Balaban J connectivity index is 2.05. The summed E-state index contributed by atoms with van der Waals surface area (Å²) in [6.45, 7) is 3.72. The van der Waals surface area contributed by atoms with Gasteiger partial charge in [0.1, 0.15) is 17.5 Å². The number of halogens is 2. The molecule has 1 aromatic rings. The van der Waals surface area contributed by atoms with Gasteiger partial charge in [0.2, 0.25) is 0 Å². The van der Waals surface area contributed by atoms with Gasteiger partial charge in [0.05, 0.1) is 6.54 Å². The lowest BCUT2D eigenvalue weighted by molar-refractivity contribution is -0.160. The molecule has 2 heterocycles. The average Bonchev–Trinajstić information content (AvgIpc) is 2.95. The van der Waals surface area contributed by atoms with E-state index in [4.69, 9.17) is 4.74 Å². The summed E-state index contributed by atoms with van der Waals surface area (Å²) in [6.07, 6.45) is 4.13. The number of aromatic nitrogens is 2. The molecule has 1 fully saturated rings. The summed E-state index contributed by atoms with van der Waals surface area (Å²) in [4.78, 5) is 18.0. The Labute approximate surface area is 122 Å². The van der Waals surface area contributed by atoms with Crippen molar-refractivity contribution >= 4 is 5.97 Å². The number of hydrogen-bond acceptors (Lipinski definition) is 4. The van der Waals surface area contributed by atoms with Gasteiger partial charge in [0.15, 0.2) is 0 Å². The molecule has 21 heavy (non-hydrogen) atoms. The molecule has 1 aromatic heterocycles. The van der Waals surface area contributed by atoms with Crippen LogP contribution >= 0.6 is 0 Å². The zero-order valence-corrected chi connectivity index (χ0v) is 12.6. The highest BCUT2D eigenvalue weighted by Gasteiger charge is 2.34. The van der Waals surface area contributed by atoms with Crippen LogP contribution in [0.4, 0.5) is 8.78 Å². The van der Waals surface area contributed by atoms with Crippen molar-refractivity contribution in [2.75, 3.05) is 6.54 Å². The first-order valence-electron chi connectivity index (χ1n) is 7.05. The predicted octanol–water partition coefficient (Wildman–Crippen LogP) is 2.58. The normalized spacial score (nSPS) is 20.2. The Morgan fingerprint density at radius 3 is 2.86 bits per heavy atom. The Kier molecular flexibility index (Phi) is 4.61. The van der Waals surface area contributed by atoms with E-state index in [1.807, 2.05) is 25.7 Å². The summed E-state index contributed by atoms with van der Waals surface area (Å²) in [5.41, 5.74) is -0.549. The summed E-state index contributed by atoms with van der Waals surface area (Å²) >= 11 is 0. The smallest absolute Gasteiger partial charge is 0.323 e. The van der Waals surface area contributed by atoms with Gasteiger partial charge in [-0.3, -0.25) is 14.3 Å². The minimum Gasteiger partial charge on any atom is -0.459 e. The summed E-state index contributed by atoms with van der Waals surface area (Å²) in [5.74, 6) is -0.0318. The van der Waals surface area contributed by atoms with Crippen molar-refractivity contribution in [2.45, 2.75) is 58.3 Å². The summed E-state index contributed by atoms with van der Waals surface area (Å²) < 4.78 is 31.9. The van der Waals surface area contributed by atoms with Crippen LogP contribution in [0.2, 0.25) is 0 Å². The molecule has 2 rings (SSSR count). The van der Waals surface area contributed by atoms with Crippen LogP contribution in [0.5, 0.6) is 0 Å². The predicted molar refractivity (Wildman–Crippen MR) is 72.8 cm³/mol. The first kappa shape index (κ1) is 15.9. The molecule has 0 aliphatic carbocycles. The van der Waals surface area contributed by atoms with Crippen LogP contribution in [0.1, 0.15) is 46.0 Å². The second kappa shape index (κ2) is 6.09. The Morgan fingerprint density at radius 2 is 2.24 bits per heavy atom. The van der Waals surface area contributed by atoms with Gasteiger partial charge in [-0.2, -0.15) is 8.78 Å². The van der Waals surface area contributed by atoms with Crippen LogP contribution in [-0.4, -0.2) is 38.6 Å². The maximum atomic E-state index is 12.8. The molecule has 1 saturated heterocycles. The summed E-state index contributed by atoms with van der Waals surface area (Å²) in [6, 6.07) is -0.382. The molecule has 5 nitrogen and oxygen atoms in total. The largest absolute Gasteiger partial charge is 0.459 e. The van der Waals surface area contributed by atoms with Gasteiger partial charge in [-0.15, -0.1) is 0 Å². The topological polar surface area (TPSA) is 47.4 Å². The van der Waals surface area contributed by atoms with Crippen molar-refractivity contribution in [2.24, 2.45) is 0 Å². The molecule has 7 heteroatoms. The number of ether oxygens (including phenoxy) is 1. The molecule has 0 radical (unpaired) electrons. The van der Waals surface area contributed by atoms with Crippen LogP contribution in [0.15, 0.2) is 12.4 Å². The molecule has 0 N–H and O–H groups in total. The van der Waals surface area contributed by atoms with E-state index in [1.54, 1.807) is 0 Å². The Hall–Kier alpha value is -1.50. The number of alkyl halides is 2. The molecule has 1 aliphatic rings. The van der Waals surface area contributed by atoms with Crippen molar-refractivity contribution in [1.82, 2.24) is 14.5 Å². The van der Waals surface area contributed by atoms with Crippen molar-refractivity contribution in [1.29, 1.82) is 0 Å². The zero-order valence-electron chi connectivity index (χ0n) is 12.6. The number of rotatable bonds is 4. The fourth-order valence-electron chi connectivity index (χ4n) is 2.48. The molecule has 0 saturated carbocycles. The van der Waals surface area contributed by atoms with E-state index in [1.165, 1.54) is 12.4 Å². The van der Waals surface area contributed by atoms with Gasteiger partial charge >= 0.3 is 12.5 Å². The lowest BCUT2D eigenvalue weighted by Crippen LogP contribution is -2.40. The number of nitrogens with zero attached hydrogens (tertiary/aromatic N) is 3. The van der Waals surface area contributed by atoms with E-state index in [0.717, 1.165) is 11.0 Å². The maximum absolute atomic E-state index is 12.8. The molecule has 0 unspecified atom stereocenters. The molecule has 0 amide bonds. The number of likely N-dealkylation sites (tertiary alicyclic amines) is 1. The zero-order chi connectivity index (χ0) is 15.6. The quantitative estimate of drug-likeness (QED) is 0.802. The number of imidazole rings is 1. The minimum absolute atomic E-state index is 0.223. The minimum atomic E-state index is -2.62. The van der Waals surface area contributed by atoms with Crippen LogP contribution < -0.4 is 0 Å².